The first-order valence-corrected chi connectivity index (χ1v) is 6.75. The van der Waals surface area contributed by atoms with Gasteiger partial charge in [0, 0.05) is 19.2 Å². The Kier molecular flexibility index (Phi) is 6.84. The van der Waals surface area contributed by atoms with Crippen molar-refractivity contribution in [2.75, 3.05) is 19.8 Å². The number of ether oxygens (including phenoxy) is 1. The zero-order valence-corrected chi connectivity index (χ0v) is 12.0. The van der Waals surface area contributed by atoms with Gasteiger partial charge in [0.25, 0.3) is 0 Å². The molecule has 0 saturated carbocycles. The predicted octanol–water partition coefficient (Wildman–Crippen LogP) is 1.40. The molecule has 0 spiro atoms. The number of hydrogen-bond donors (Lipinski definition) is 3. The van der Waals surface area contributed by atoms with Crippen molar-refractivity contribution in [1.82, 2.24) is 5.32 Å². The molecule has 4 heteroatoms. The van der Waals surface area contributed by atoms with Crippen LogP contribution in [0.4, 0.5) is 0 Å². The maximum Gasteiger partial charge on any atom is 0.122 e. The van der Waals surface area contributed by atoms with Gasteiger partial charge in [-0.1, -0.05) is 12.1 Å². The summed E-state index contributed by atoms with van der Waals surface area (Å²) >= 11 is 0. The Morgan fingerprint density at radius 3 is 2.74 bits per heavy atom. The SMILES string of the molecule is Cc1ccc(C)c(OCC(O)CNC(C)CCO)c1. The zero-order chi connectivity index (χ0) is 14.3. The van der Waals surface area contributed by atoms with Crippen LogP contribution in [-0.4, -0.2) is 42.1 Å². The van der Waals surface area contributed by atoms with Crippen LogP contribution in [0, 0.1) is 13.8 Å². The van der Waals surface area contributed by atoms with E-state index in [4.69, 9.17) is 9.84 Å². The van der Waals surface area contributed by atoms with Crippen LogP contribution in [0.5, 0.6) is 5.75 Å². The van der Waals surface area contributed by atoms with Gasteiger partial charge in [0.2, 0.25) is 0 Å². The predicted molar refractivity (Wildman–Crippen MR) is 76.6 cm³/mol. The molecule has 0 saturated heterocycles. The highest BCUT2D eigenvalue weighted by Gasteiger charge is 2.08. The highest BCUT2D eigenvalue weighted by atomic mass is 16.5. The Morgan fingerprint density at radius 1 is 1.32 bits per heavy atom. The number of rotatable bonds is 8. The largest absolute Gasteiger partial charge is 0.491 e. The lowest BCUT2D eigenvalue weighted by Gasteiger charge is -2.17. The third kappa shape index (κ3) is 6.05. The van der Waals surface area contributed by atoms with Gasteiger partial charge in [-0.05, 0) is 44.4 Å². The highest BCUT2D eigenvalue weighted by Crippen LogP contribution is 2.19. The molecule has 0 heterocycles. The number of aryl methyl sites for hydroxylation is 2. The lowest BCUT2D eigenvalue weighted by atomic mass is 10.1. The van der Waals surface area contributed by atoms with Gasteiger partial charge in [0.05, 0.1) is 0 Å². The monoisotopic (exact) mass is 267 g/mol. The number of benzene rings is 1. The fourth-order valence-electron chi connectivity index (χ4n) is 1.74. The summed E-state index contributed by atoms with van der Waals surface area (Å²) in [6.07, 6.45) is 0.131. The summed E-state index contributed by atoms with van der Waals surface area (Å²) in [4.78, 5) is 0. The molecule has 0 aliphatic heterocycles. The molecule has 0 aromatic heterocycles. The van der Waals surface area contributed by atoms with Crippen molar-refractivity contribution < 1.29 is 14.9 Å². The number of aliphatic hydroxyl groups is 2. The Morgan fingerprint density at radius 2 is 2.05 bits per heavy atom. The van der Waals surface area contributed by atoms with Crippen LogP contribution in [0.25, 0.3) is 0 Å². The van der Waals surface area contributed by atoms with E-state index in [1.54, 1.807) is 0 Å². The standard InChI is InChI=1S/C15H25NO3/c1-11-4-5-12(2)15(8-11)19-10-14(18)9-16-13(3)6-7-17/h4-5,8,13-14,16-18H,6-7,9-10H2,1-3H3. The van der Waals surface area contributed by atoms with Crippen LogP contribution in [0.3, 0.4) is 0 Å². The van der Waals surface area contributed by atoms with Gasteiger partial charge in [-0.25, -0.2) is 0 Å². The fraction of sp³-hybridized carbons (Fsp3) is 0.600. The first kappa shape index (κ1) is 16.0. The van der Waals surface area contributed by atoms with Crippen LogP contribution in [-0.2, 0) is 0 Å². The van der Waals surface area contributed by atoms with E-state index in [1.807, 2.05) is 39.0 Å². The minimum Gasteiger partial charge on any atom is -0.491 e. The van der Waals surface area contributed by atoms with Crippen LogP contribution < -0.4 is 10.1 Å². The van der Waals surface area contributed by atoms with Crippen molar-refractivity contribution in [1.29, 1.82) is 0 Å². The first-order chi connectivity index (χ1) is 9.02. The van der Waals surface area contributed by atoms with Gasteiger partial charge >= 0.3 is 0 Å². The molecular weight excluding hydrogens is 242 g/mol. The molecule has 2 atom stereocenters. The van der Waals surface area contributed by atoms with Gasteiger partial charge in [-0.15, -0.1) is 0 Å². The van der Waals surface area contributed by atoms with Gasteiger partial charge < -0.3 is 20.3 Å². The molecule has 3 N–H and O–H groups in total. The fourth-order valence-corrected chi connectivity index (χ4v) is 1.74. The second-order valence-electron chi connectivity index (χ2n) is 5.06. The molecule has 1 aromatic carbocycles. The highest BCUT2D eigenvalue weighted by molar-refractivity contribution is 5.35. The topological polar surface area (TPSA) is 61.7 Å². The van der Waals surface area contributed by atoms with Crippen molar-refractivity contribution in [3.05, 3.63) is 29.3 Å². The Balaban J connectivity index is 2.33. The zero-order valence-electron chi connectivity index (χ0n) is 12.0. The summed E-state index contributed by atoms with van der Waals surface area (Å²) in [6, 6.07) is 6.22. The second kappa shape index (κ2) is 8.15. The number of aliphatic hydroxyl groups excluding tert-OH is 2. The molecule has 0 radical (unpaired) electrons. The van der Waals surface area contributed by atoms with Gasteiger partial charge in [-0.3, -0.25) is 0 Å². The van der Waals surface area contributed by atoms with Crippen molar-refractivity contribution in [3.8, 4) is 5.75 Å². The molecule has 108 valence electrons. The second-order valence-corrected chi connectivity index (χ2v) is 5.06. The summed E-state index contributed by atoms with van der Waals surface area (Å²) in [6.45, 7) is 6.87. The summed E-state index contributed by atoms with van der Waals surface area (Å²) < 4.78 is 5.63. The molecule has 0 bridgehead atoms. The molecular formula is C15H25NO3. The smallest absolute Gasteiger partial charge is 0.122 e. The molecule has 0 aliphatic carbocycles. The average molecular weight is 267 g/mol. The lowest BCUT2D eigenvalue weighted by molar-refractivity contribution is 0.102. The van der Waals surface area contributed by atoms with Gasteiger partial charge in [0.1, 0.15) is 18.5 Å². The maximum absolute atomic E-state index is 9.84. The molecule has 2 unspecified atom stereocenters. The average Bonchev–Trinajstić information content (AvgIpc) is 2.38. The maximum atomic E-state index is 9.84. The van der Waals surface area contributed by atoms with Crippen molar-refractivity contribution in [2.24, 2.45) is 0 Å². The van der Waals surface area contributed by atoms with Crippen LogP contribution >= 0.6 is 0 Å². The van der Waals surface area contributed by atoms with Crippen LogP contribution in [0.2, 0.25) is 0 Å². The Hall–Kier alpha value is -1.10. The summed E-state index contributed by atoms with van der Waals surface area (Å²) in [5.41, 5.74) is 2.21. The molecule has 0 amide bonds. The third-order valence-corrected chi connectivity index (χ3v) is 3.04. The molecule has 0 fully saturated rings. The third-order valence-electron chi connectivity index (χ3n) is 3.04. The quantitative estimate of drug-likeness (QED) is 0.666. The summed E-state index contributed by atoms with van der Waals surface area (Å²) in [5, 5.41) is 21.8. The lowest BCUT2D eigenvalue weighted by Crippen LogP contribution is -2.37. The molecule has 19 heavy (non-hydrogen) atoms. The normalized spacial score (nSPS) is 14.2. The number of hydrogen-bond acceptors (Lipinski definition) is 4. The van der Waals surface area contributed by atoms with Crippen LogP contribution in [0.15, 0.2) is 18.2 Å². The van der Waals surface area contributed by atoms with E-state index in [0.717, 1.165) is 16.9 Å². The summed E-state index contributed by atoms with van der Waals surface area (Å²) in [5.74, 6) is 0.822. The van der Waals surface area contributed by atoms with E-state index in [1.165, 1.54) is 0 Å². The van der Waals surface area contributed by atoms with Crippen molar-refractivity contribution in [2.45, 2.75) is 39.3 Å². The van der Waals surface area contributed by atoms with Gasteiger partial charge in [-0.2, -0.15) is 0 Å². The van der Waals surface area contributed by atoms with E-state index in [9.17, 15) is 5.11 Å². The summed E-state index contributed by atoms with van der Waals surface area (Å²) in [7, 11) is 0. The van der Waals surface area contributed by atoms with Crippen LogP contribution in [0.1, 0.15) is 24.5 Å². The van der Waals surface area contributed by atoms with Gasteiger partial charge in [0.15, 0.2) is 0 Å². The Labute approximate surface area is 115 Å². The van der Waals surface area contributed by atoms with E-state index >= 15 is 0 Å². The first-order valence-electron chi connectivity index (χ1n) is 6.75. The molecule has 1 aromatic rings. The van der Waals surface area contributed by atoms with Crippen molar-refractivity contribution in [3.63, 3.8) is 0 Å². The Bertz CT molecular complexity index is 382. The van der Waals surface area contributed by atoms with E-state index in [-0.39, 0.29) is 19.3 Å². The minimum absolute atomic E-state index is 0.156. The van der Waals surface area contributed by atoms with E-state index in [2.05, 4.69) is 5.32 Å². The molecule has 4 nitrogen and oxygen atoms in total. The molecule has 0 aliphatic rings. The van der Waals surface area contributed by atoms with E-state index < -0.39 is 6.10 Å². The van der Waals surface area contributed by atoms with Crippen molar-refractivity contribution >= 4 is 0 Å². The van der Waals surface area contributed by atoms with E-state index in [0.29, 0.717) is 13.0 Å². The molecule has 1 rings (SSSR count). The number of nitrogens with one attached hydrogen (secondary N) is 1. The minimum atomic E-state index is -0.555.